The van der Waals surface area contributed by atoms with Gasteiger partial charge in [0.2, 0.25) is 0 Å². The predicted molar refractivity (Wildman–Crippen MR) is 70.4 cm³/mol. The summed E-state index contributed by atoms with van der Waals surface area (Å²) in [5.41, 5.74) is -0.984. The number of rotatable bonds is 2. The van der Waals surface area contributed by atoms with E-state index in [4.69, 9.17) is 5.11 Å². The lowest BCUT2D eigenvalue weighted by Crippen LogP contribution is -2.35. The largest absolute Gasteiger partial charge is 0.481 e. The minimum atomic E-state index is -0.946. The summed E-state index contributed by atoms with van der Waals surface area (Å²) in [5.74, 6) is -2.02. The first-order valence-electron chi connectivity index (χ1n) is 5.82. The number of carbonyl (C=O) groups excluding carboxylic acids is 1. The van der Waals surface area contributed by atoms with Crippen LogP contribution in [0, 0.1) is 11.2 Å². The number of amides is 1. The Bertz CT molecular complexity index is 549. The second-order valence-electron chi connectivity index (χ2n) is 4.94. The van der Waals surface area contributed by atoms with E-state index in [0.717, 1.165) is 0 Å². The molecule has 0 aliphatic carbocycles. The number of hydrogen-bond acceptors (Lipinski definition) is 2. The second kappa shape index (κ2) is 4.92. The molecular weight excluding hydrogens is 317 g/mol. The summed E-state index contributed by atoms with van der Waals surface area (Å²) < 4.78 is 14.1. The molecule has 6 heteroatoms. The van der Waals surface area contributed by atoms with Crippen molar-refractivity contribution in [1.82, 2.24) is 4.90 Å². The average molecular weight is 330 g/mol. The SMILES string of the molecule is CC1(C(=O)O)CCN(C(=O)c2cccc(Br)c2F)C1. The Morgan fingerprint density at radius 3 is 2.74 bits per heavy atom. The third kappa shape index (κ3) is 2.49. The van der Waals surface area contributed by atoms with Crippen LogP contribution in [-0.2, 0) is 4.79 Å². The van der Waals surface area contributed by atoms with Gasteiger partial charge in [-0.1, -0.05) is 6.07 Å². The van der Waals surface area contributed by atoms with Gasteiger partial charge in [0.05, 0.1) is 15.5 Å². The van der Waals surface area contributed by atoms with Gasteiger partial charge in [-0.2, -0.15) is 0 Å². The number of halogens is 2. The lowest BCUT2D eigenvalue weighted by atomic mass is 9.90. The van der Waals surface area contributed by atoms with Gasteiger partial charge in [-0.05, 0) is 41.4 Å². The van der Waals surface area contributed by atoms with Crippen molar-refractivity contribution in [2.24, 2.45) is 5.41 Å². The molecule has 4 nitrogen and oxygen atoms in total. The molecule has 1 unspecified atom stereocenters. The number of aliphatic carboxylic acids is 1. The number of carboxylic acids is 1. The fourth-order valence-corrected chi connectivity index (χ4v) is 2.51. The number of carboxylic acid groups (broad SMARTS) is 1. The molecule has 0 spiro atoms. The minimum Gasteiger partial charge on any atom is -0.481 e. The zero-order valence-corrected chi connectivity index (χ0v) is 11.9. The normalized spacial score (nSPS) is 22.6. The number of carbonyl (C=O) groups is 2. The summed E-state index contributed by atoms with van der Waals surface area (Å²) in [5, 5.41) is 9.12. The van der Waals surface area contributed by atoms with Crippen molar-refractivity contribution in [3.05, 3.63) is 34.1 Å². The van der Waals surface area contributed by atoms with Gasteiger partial charge in [-0.3, -0.25) is 9.59 Å². The average Bonchev–Trinajstić information content (AvgIpc) is 2.76. The molecule has 1 atom stereocenters. The Morgan fingerprint density at radius 1 is 1.47 bits per heavy atom. The van der Waals surface area contributed by atoms with Crippen molar-refractivity contribution in [2.75, 3.05) is 13.1 Å². The molecule has 0 aromatic heterocycles. The number of nitrogens with zero attached hydrogens (tertiary/aromatic N) is 1. The van der Waals surface area contributed by atoms with E-state index in [9.17, 15) is 14.0 Å². The van der Waals surface area contributed by atoms with Gasteiger partial charge in [0, 0.05) is 13.1 Å². The van der Waals surface area contributed by atoms with Gasteiger partial charge in [0.1, 0.15) is 5.82 Å². The summed E-state index contributed by atoms with van der Waals surface area (Å²) in [6, 6.07) is 4.49. The van der Waals surface area contributed by atoms with E-state index < -0.39 is 23.1 Å². The van der Waals surface area contributed by atoms with Crippen LogP contribution in [-0.4, -0.2) is 35.0 Å². The first-order valence-corrected chi connectivity index (χ1v) is 6.61. The first-order chi connectivity index (χ1) is 8.85. The van der Waals surface area contributed by atoms with Crippen LogP contribution in [0.1, 0.15) is 23.7 Å². The molecule has 1 aromatic rings. The molecule has 102 valence electrons. The Labute approximate surface area is 118 Å². The summed E-state index contributed by atoms with van der Waals surface area (Å²) in [4.78, 5) is 24.7. The molecule has 1 aromatic carbocycles. The monoisotopic (exact) mass is 329 g/mol. The van der Waals surface area contributed by atoms with Crippen LogP contribution in [0.3, 0.4) is 0 Å². The van der Waals surface area contributed by atoms with Gasteiger partial charge in [-0.15, -0.1) is 0 Å². The van der Waals surface area contributed by atoms with Crippen LogP contribution in [0.5, 0.6) is 0 Å². The molecule has 19 heavy (non-hydrogen) atoms. The van der Waals surface area contributed by atoms with E-state index in [0.29, 0.717) is 13.0 Å². The topological polar surface area (TPSA) is 57.6 Å². The highest BCUT2D eigenvalue weighted by molar-refractivity contribution is 9.10. The minimum absolute atomic E-state index is 0.0380. The highest BCUT2D eigenvalue weighted by Crippen LogP contribution is 2.31. The van der Waals surface area contributed by atoms with E-state index in [1.54, 1.807) is 13.0 Å². The maximum Gasteiger partial charge on any atom is 0.311 e. The molecule has 1 heterocycles. The summed E-state index contributed by atoms with van der Waals surface area (Å²) in [7, 11) is 0. The van der Waals surface area contributed by atoms with Crippen molar-refractivity contribution in [1.29, 1.82) is 0 Å². The molecule has 2 rings (SSSR count). The molecule has 1 amide bonds. The molecule has 1 fully saturated rings. The van der Waals surface area contributed by atoms with Crippen LogP contribution < -0.4 is 0 Å². The zero-order chi connectivity index (χ0) is 14.2. The molecular formula is C13H13BrFNO3. The van der Waals surface area contributed by atoms with Gasteiger partial charge < -0.3 is 10.0 Å². The highest BCUT2D eigenvalue weighted by atomic mass is 79.9. The Morgan fingerprint density at radius 2 is 2.16 bits per heavy atom. The summed E-state index contributed by atoms with van der Waals surface area (Å²) >= 11 is 3.03. The van der Waals surface area contributed by atoms with Crippen molar-refractivity contribution in [3.8, 4) is 0 Å². The third-order valence-corrected chi connectivity index (χ3v) is 4.07. The van der Waals surface area contributed by atoms with Crippen molar-refractivity contribution < 1.29 is 19.1 Å². The Kier molecular flexibility index (Phi) is 3.62. The van der Waals surface area contributed by atoms with Crippen molar-refractivity contribution in [2.45, 2.75) is 13.3 Å². The second-order valence-corrected chi connectivity index (χ2v) is 5.80. The Balaban J connectivity index is 2.23. The highest BCUT2D eigenvalue weighted by Gasteiger charge is 2.42. The molecule has 0 bridgehead atoms. The zero-order valence-electron chi connectivity index (χ0n) is 10.3. The van der Waals surface area contributed by atoms with E-state index in [-0.39, 0.29) is 16.6 Å². The van der Waals surface area contributed by atoms with E-state index >= 15 is 0 Å². The van der Waals surface area contributed by atoms with E-state index in [1.807, 2.05) is 0 Å². The van der Waals surface area contributed by atoms with Crippen LogP contribution in [0.25, 0.3) is 0 Å². The molecule has 1 N–H and O–H groups in total. The molecule has 1 aliphatic heterocycles. The number of benzene rings is 1. The smallest absolute Gasteiger partial charge is 0.311 e. The van der Waals surface area contributed by atoms with Crippen LogP contribution in [0.4, 0.5) is 4.39 Å². The lowest BCUT2D eigenvalue weighted by Gasteiger charge is -2.20. The first kappa shape index (κ1) is 14.0. The van der Waals surface area contributed by atoms with Crippen LogP contribution in [0.2, 0.25) is 0 Å². The summed E-state index contributed by atoms with van der Waals surface area (Å²) in [6.07, 6.45) is 0.379. The maximum absolute atomic E-state index is 13.8. The molecule has 0 saturated carbocycles. The van der Waals surface area contributed by atoms with E-state index in [2.05, 4.69) is 15.9 Å². The van der Waals surface area contributed by atoms with Gasteiger partial charge in [0.15, 0.2) is 0 Å². The number of likely N-dealkylation sites (tertiary alicyclic amines) is 1. The van der Waals surface area contributed by atoms with Gasteiger partial charge >= 0.3 is 5.97 Å². The van der Waals surface area contributed by atoms with Gasteiger partial charge in [-0.25, -0.2) is 4.39 Å². The van der Waals surface area contributed by atoms with Gasteiger partial charge in [0.25, 0.3) is 5.91 Å². The molecule has 1 saturated heterocycles. The quantitative estimate of drug-likeness (QED) is 0.907. The Hall–Kier alpha value is -1.43. The predicted octanol–water partition coefficient (Wildman–Crippen LogP) is 2.53. The van der Waals surface area contributed by atoms with Crippen molar-refractivity contribution >= 4 is 27.8 Å². The molecule has 1 aliphatic rings. The lowest BCUT2D eigenvalue weighted by molar-refractivity contribution is -0.147. The third-order valence-electron chi connectivity index (χ3n) is 3.46. The fourth-order valence-electron chi connectivity index (χ4n) is 2.15. The maximum atomic E-state index is 13.8. The molecule has 0 radical (unpaired) electrons. The van der Waals surface area contributed by atoms with Crippen molar-refractivity contribution in [3.63, 3.8) is 0 Å². The van der Waals surface area contributed by atoms with Crippen LogP contribution in [0.15, 0.2) is 22.7 Å². The fraction of sp³-hybridized carbons (Fsp3) is 0.385. The standard InChI is InChI=1S/C13H13BrFNO3/c1-13(12(18)19)5-6-16(7-13)11(17)8-3-2-4-9(14)10(8)15/h2-4H,5-7H2,1H3,(H,18,19). The number of hydrogen-bond donors (Lipinski definition) is 1. The van der Waals surface area contributed by atoms with Crippen LogP contribution >= 0.6 is 15.9 Å². The van der Waals surface area contributed by atoms with E-state index in [1.165, 1.54) is 17.0 Å². The summed E-state index contributed by atoms with van der Waals surface area (Å²) in [6.45, 7) is 2.03.